The third kappa shape index (κ3) is 2.03. The Balaban J connectivity index is 1.62. The van der Waals surface area contributed by atoms with Crippen molar-refractivity contribution < 1.29 is 9.53 Å². The van der Waals surface area contributed by atoms with Crippen molar-refractivity contribution in [2.24, 2.45) is 36.5 Å². The summed E-state index contributed by atoms with van der Waals surface area (Å²) in [5.41, 5.74) is 7.20. The number of aryl methyl sites for hydroxylation is 1. The minimum atomic E-state index is -0.555. The average molecular weight is 357 g/mol. The van der Waals surface area contributed by atoms with Crippen LogP contribution in [0.25, 0.3) is 5.69 Å². The van der Waals surface area contributed by atoms with Crippen LogP contribution >= 0.6 is 0 Å². The summed E-state index contributed by atoms with van der Waals surface area (Å²) in [4.78, 5) is 12.1. The van der Waals surface area contributed by atoms with Crippen LogP contribution in [-0.4, -0.2) is 43.1 Å². The maximum absolute atomic E-state index is 12.1. The first-order chi connectivity index (χ1) is 12.5. The van der Waals surface area contributed by atoms with Gasteiger partial charge in [0, 0.05) is 7.05 Å². The summed E-state index contributed by atoms with van der Waals surface area (Å²) in [6.07, 6.45) is 7.66. The highest BCUT2D eigenvalue weighted by Gasteiger charge is 2.58. The maximum Gasteiger partial charge on any atom is 0.360 e. The Kier molecular flexibility index (Phi) is 3.28. The molecule has 0 spiro atoms. The summed E-state index contributed by atoms with van der Waals surface area (Å²) in [7, 11) is 3.09. The number of hydrogen-bond donors (Lipinski definition) is 1. The van der Waals surface area contributed by atoms with Crippen LogP contribution in [0.15, 0.2) is 6.20 Å². The molecule has 2 N–H and O–H groups in total. The van der Waals surface area contributed by atoms with Crippen LogP contribution in [0.1, 0.15) is 48.4 Å². The maximum atomic E-state index is 12.1. The molecule has 4 aliphatic rings. The van der Waals surface area contributed by atoms with Gasteiger partial charge in [0.15, 0.2) is 11.5 Å². The second-order valence-electron chi connectivity index (χ2n) is 8.18. The molecule has 2 aromatic rings. The van der Waals surface area contributed by atoms with Crippen molar-refractivity contribution in [3.05, 3.63) is 17.7 Å². The smallest absolute Gasteiger partial charge is 0.360 e. The Morgan fingerprint density at radius 3 is 2.50 bits per heavy atom. The molecule has 0 aromatic carbocycles. The molecule has 0 radical (unpaired) electrons. The van der Waals surface area contributed by atoms with E-state index in [2.05, 4.69) is 20.6 Å². The molecule has 26 heavy (non-hydrogen) atoms. The number of methoxy groups -OCH3 is 1. The van der Waals surface area contributed by atoms with Gasteiger partial charge in [-0.15, -0.1) is 5.10 Å². The number of carbonyl (C=O) groups is 1. The van der Waals surface area contributed by atoms with Gasteiger partial charge >= 0.3 is 5.97 Å². The van der Waals surface area contributed by atoms with Crippen LogP contribution in [0.2, 0.25) is 0 Å². The van der Waals surface area contributed by atoms with Crippen LogP contribution in [-0.2, 0) is 17.3 Å². The fourth-order valence-corrected chi connectivity index (χ4v) is 5.82. The molecule has 0 unspecified atom stereocenters. The summed E-state index contributed by atoms with van der Waals surface area (Å²) >= 11 is 0. The molecule has 0 saturated heterocycles. The number of nitrogens with zero attached hydrogens (tertiary/aromatic N) is 6. The highest BCUT2D eigenvalue weighted by molar-refractivity contribution is 5.91. The van der Waals surface area contributed by atoms with E-state index in [9.17, 15) is 4.79 Å². The van der Waals surface area contributed by atoms with Crippen LogP contribution in [0, 0.1) is 23.7 Å². The number of carbonyl (C=O) groups excluding carboxylic acids is 1. The van der Waals surface area contributed by atoms with Gasteiger partial charge in [0.25, 0.3) is 0 Å². The number of esters is 1. The first-order valence-corrected chi connectivity index (χ1v) is 9.20. The number of hydrogen-bond acceptors (Lipinski definition) is 7. The molecule has 0 aliphatic heterocycles. The Hall–Kier alpha value is -2.29. The molecule has 138 valence electrons. The lowest BCUT2D eigenvalue weighted by Gasteiger charge is -2.58. The number of aromatic nitrogens is 6. The molecule has 9 nitrogen and oxygen atoms in total. The van der Waals surface area contributed by atoms with Crippen molar-refractivity contribution in [2.45, 2.75) is 37.6 Å². The van der Waals surface area contributed by atoms with E-state index in [0.717, 1.165) is 37.5 Å². The third-order valence-corrected chi connectivity index (χ3v) is 6.76. The van der Waals surface area contributed by atoms with Gasteiger partial charge in [0.2, 0.25) is 0 Å². The number of rotatable bonds is 3. The summed E-state index contributed by atoms with van der Waals surface area (Å²) in [6, 6.07) is 0. The molecular weight excluding hydrogens is 334 g/mol. The fraction of sp³-hybridized carbons (Fsp3) is 0.706. The van der Waals surface area contributed by atoms with E-state index in [0.29, 0.717) is 23.3 Å². The van der Waals surface area contributed by atoms with E-state index in [-0.39, 0.29) is 5.69 Å². The van der Waals surface area contributed by atoms with Gasteiger partial charge < -0.3 is 10.5 Å². The first kappa shape index (κ1) is 15.9. The molecule has 0 atom stereocenters. The Bertz CT molecular complexity index is 842. The van der Waals surface area contributed by atoms with E-state index >= 15 is 0 Å². The molecule has 6 rings (SSSR count). The van der Waals surface area contributed by atoms with E-state index in [1.54, 1.807) is 22.6 Å². The highest BCUT2D eigenvalue weighted by atomic mass is 16.5. The molecular formula is C17H23N7O2. The second-order valence-corrected chi connectivity index (χ2v) is 8.18. The van der Waals surface area contributed by atoms with Crippen molar-refractivity contribution in [2.75, 3.05) is 7.11 Å². The van der Waals surface area contributed by atoms with Crippen molar-refractivity contribution in [3.8, 4) is 5.69 Å². The first-order valence-electron chi connectivity index (χ1n) is 9.20. The molecule has 0 amide bonds. The Labute approximate surface area is 150 Å². The van der Waals surface area contributed by atoms with Gasteiger partial charge in [-0.05, 0) is 66.2 Å². The predicted octanol–water partition coefficient (Wildman–Crippen LogP) is 0.792. The number of nitrogens with two attached hydrogens (primary N) is 1. The van der Waals surface area contributed by atoms with E-state index in [1.165, 1.54) is 13.5 Å². The van der Waals surface area contributed by atoms with Gasteiger partial charge in [-0.1, -0.05) is 0 Å². The van der Waals surface area contributed by atoms with E-state index in [1.807, 2.05) is 0 Å². The molecule has 4 fully saturated rings. The summed E-state index contributed by atoms with van der Waals surface area (Å²) < 4.78 is 8.03. The van der Waals surface area contributed by atoms with Crippen LogP contribution in [0.5, 0.6) is 0 Å². The lowest BCUT2D eigenvalue weighted by Crippen LogP contribution is -2.61. The zero-order valence-electron chi connectivity index (χ0n) is 15.0. The van der Waals surface area contributed by atoms with E-state index < -0.39 is 11.5 Å². The summed E-state index contributed by atoms with van der Waals surface area (Å²) in [5.74, 6) is 2.50. The number of ether oxygens (including phenoxy) is 1. The van der Waals surface area contributed by atoms with Crippen LogP contribution < -0.4 is 5.73 Å². The van der Waals surface area contributed by atoms with E-state index in [4.69, 9.17) is 10.5 Å². The normalized spacial score (nSPS) is 35.0. The van der Waals surface area contributed by atoms with Gasteiger partial charge in [-0.3, -0.25) is 4.68 Å². The molecule has 4 aliphatic carbocycles. The van der Waals surface area contributed by atoms with Crippen molar-refractivity contribution in [3.63, 3.8) is 0 Å². The molecule has 9 heteroatoms. The largest absolute Gasteiger partial charge is 0.464 e. The van der Waals surface area contributed by atoms with Crippen molar-refractivity contribution >= 4 is 5.97 Å². The third-order valence-electron chi connectivity index (χ3n) is 6.76. The van der Waals surface area contributed by atoms with Crippen molar-refractivity contribution in [1.82, 2.24) is 30.0 Å². The van der Waals surface area contributed by atoms with Gasteiger partial charge in [0.1, 0.15) is 5.69 Å². The molecule has 4 bridgehead atoms. The van der Waals surface area contributed by atoms with Gasteiger partial charge in [-0.25, -0.2) is 4.79 Å². The Morgan fingerprint density at radius 2 is 1.88 bits per heavy atom. The Morgan fingerprint density at radius 1 is 1.23 bits per heavy atom. The van der Waals surface area contributed by atoms with Crippen molar-refractivity contribution in [1.29, 1.82) is 0 Å². The topological polar surface area (TPSA) is 114 Å². The van der Waals surface area contributed by atoms with Gasteiger partial charge in [0.05, 0.1) is 18.8 Å². The summed E-state index contributed by atoms with van der Waals surface area (Å²) in [5, 5.41) is 16.6. The lowest BCUT2D eigenvalue weighted by molar-refractivity contribution is -0.0633. The molecule has 4 saturated carbocycles. The fourth-order valence-electron chi connectivity index (χ4n) is 5.82. The van der Waals surface area contributed by atoms with Crippen LogP contribution in [0.3, 0.4) is 0 Å². The monoisotopic (exact) mass is 357 g/mol. The zero-order chi connectivity index (χ0) is 18.1. The van der Waals surface area contributed by atoms with Gasteiger partial charge in [-0.2, -0.15) is 9.78 Å². The minimum absolute atomic E-state index is 0.191. The van der Waals surface area contributed by atoms with Crippen LogP contribution in [0.4, 0.5) is 0 Å². The highest BCUT2D eigenvalue weighted by Crippen LogP contribution is 2.60. The predicted molar refractivity (Wildman–Crippen MR) is 90.2 cm³/mol. The number of tetrazole rings is 1. The quantitative estimate of drug-likeness (QED) is 0.808. The summed E-state index contributed by atoms with van der Waals surface area (Å²) in [6.45, 7) is 0. The second kappa shape index (κ2) is 5.35. The lowest BCUT2D eigenvalue weighted by atomic mass is 9.48. The zero-order valence-corrected chi connectivity index (χ0v) is 15.0. The minimum Gasteiger partial charge on any atom is -0.464 e. The SMILES string of the molecule is COC(=O)c1nn(C)cc1-n1nnnc1C1(N)C2CC3CC(C2)CC1C3. The molecule has 2 aromatic heterocycles. The molecule has 2 heterocycles. The standard InChI is InChI=1S/C17H23N7O2/c1-23-8-13(14(20-23)15(25)26-2)24-16(19-21-22-24)17(18)11-4-9-3-10(6-11)7-12(17)5-9/h8-12H,3-7,18H2,1-2H3. The average Bonchev–Trinajstić information content (AvgIpc) is 3.24.